The first-order chi connectivity index (χ1) is 13.6. The number of hydrogen-bond acceptors (Lipinski definition) is 6. The Kier molecular flexibility index (Phi) is 6.09. The maximum atomic E-state index is 8.88. The predicted octanol–water partition coefficient (Wildman–Crippen LogP) is 3.84. The molecule has 0 fully saturated rings. The topological polar surface area (TPSA) is 103 Å². The maximum Gasteiger partial charge on any atom is 0.195 e. The highest BCUT2D eigenvalue weighted by Crippen LogP contribution is 2.28. The van der Waals surface area contributed by atoms with E-state index < -0.39 is 0 Å². The molecule has 3 N–H and O–H groups in total. The molecular formula is C20H19N5O2S. The van der Waals surface area contributed by atoms with Crippen molar-refractivity contribution >= 4 is 22.4 Å². The Morgan fingerprint density at radius 2 is 1.82 bits per heavy atom. The fourth-order valence-electron chi connectivity index (χ4n) is 2.61. The normalized spacial score (nSPS) is 10.0. The van der Waals surface area contributed by atoms with Crippen molar-refractivity contribution in [2.75, 3.05) is 19.5 Å². The van der Waals surface area contributed by atoms with Gasteiger partial charge in [0.05, 0.1) is 43.7 Å². The zero-order valence-corrected chi connectivity index (χ0v) is 16.3. The van der Waals surface area contributed by atoms with Crippen LogP contribution in [0.3, 0.4) is 0 Å². The summed E-state index contributed by atoms with van der Waals surface area (Å²) >= 11 is 1.40. The van der Waals surface area contributed by atoms with Crippen molar-refractivity contribution in [2.24, 2.45) is 0 Å². The Morgan fingerprint density at radius 1 is 1.14 bits per heavy atom. The number of hydrogen-bond donors (Lipinski definition) is 3. The number of nitriles is 1. The molecule has 3 aromatic rings. The summed E-state index contributed by atoms with van der Waals surface area (Å²) in [5, 5.41) is 25.5. The number of nitrogens with zero attached hydrogens (tertiary/aromatic N) is 2. The zero-order chi connectivity index (χ0) is 19.9. The highest BCUT2D eigenvalue weighted by Gasteiger charge is 2.11. The molecule has 0 aliphatic carbocycles. The summed E-state index contributed by atoms with van der Waals surface area (Å²) < 4.78 is 10.7. The first-order valence-corrected chi connectivity index (χ1v) is 9.28. The molecular weight excluding hydrogens is 374 g/mol. The third kappa shape index (κ3) is 4.39. The maximum absolute atomic E-state index is 8.88. The van der Waals surface area contributed by atoms with Gasteiger partial charge in [-0.2, -0.15) is 5.26 Å². The van der Waals surface area contributed by atoms with Gasteiger partial charge < -0.3 is 20.1 Å². The molecule has 0 aliphatic rings. The molecule has 0 aliphatic heterocycles. The lowest BCUT2D eigenvalue weighted by Gasteiger charge is -2.14. The molecule has 0 saturated heterocycles. The van der Waals surface area contributed by atoms with Gasteiger partial charge in [-0.1, -0.05) is 18.2 Å². The van der Waals surface area contributed by atoms with Gasteiger partial charge in [-0.15, -0.1) is 11.3 Å². The van der Waals surface area contributed by atoms with Crippen molar-refractivity contribution in [3.8, 4) is 28.8 Å². The van der Waals surface area contributed by atoms with Gasteiger partial charge in [0.15, 0.2) is 11.1 Å². The molecule has 0 spiro atoms. The number of methoxy groups -OCH3 is 2. The van der Waals surface area contributed by atoms with E-state index in [0.29, 0.717) is 28.7 Å². The van der Waals surface area contributed by atoms with Crippen LogP contribution in [0.5, 0.6) is 11.5 Å². The van der Waals surface area contributed by atoms with Gasteiger partial charge in [0.1, 0.15) is 11.5 Å². The highest BCUT2D eigenvalue weighted by molar-refractivity contribution is 7.14. The molecule has 0 radical (unpaired) electrons. The Bertz CT molecular complexity index is 986. The summed E-state index contributed by atoms with van der Waals surface area (Å²) in [7, 11) is 3.20. The Morgan fingerprint density at radius 3 is 2.43 bits per heavy atom. The minimum Gasteiger partial charge on any atom is -0.496 e. The van der Waals surface area contributed by atoms with Crippen LogP contribution in [-0.2, 0) is 6.54 Å². The van der Waals surface area contributed by atoms with Gasteiger partial charge in [-0.05, 0) is 24.3 Å². The van der Waals surface area contributed by atoms with Crippen LogP contribution in [0, 0.1) is 16.7 Å². The van der Waals surface area contributed by atoms with Crippen LogP contribution in [0.4, 0.5) is 5.13 Å². The average Bonchev–Trinajstić information content (AvgIpc) is 3.20. The first kappa shape index (κ1) is 19.2. The molecule has 142 valence electrons. The molecule has 2 aromatic carbocycles. The SMILES string of the molecule is COc1cccc(OC)c1CNC(=N)Nc1nc(-c2ccc(C#N)cc2)cs1. The number of rotatable bonds is 6. The lowest BCUT2D eigenvalue weighted by molar-refractivity contribution is 0.384. The molecule has 8 heteroatoms. The molecule has 7 nitrogen and oxygen atoms in total. The Balaban J connectivity index is 1.63. The standard InChI is InChI=1S/C20H19N5O2S/c1-26-17-4-3-5-18(27-2)15(17)11-23-19(22)25-20-24-16(12-28-20)14-8-6-13(10-21)7-9-14/h3-9,12H,11H2,1-2H3,(H3,22,23,24,25). The minimum absolute atomic E-state index is 0.119. The van der Waals surface area contributed by atoms with Gasteiger partial charge in [-0.3, -0.25) is 5.41 Å². The van der Waals surface area contributed by atoms with E-state index in [1.807, 2.05) is 35.7 Å². The van der Waals surface area contributed by atoms with Crippen molar-refractivity contribution in [2.45, 2.75) is 6.54 Å². The third-order valence-electron chi connectivity index (χ3n) is 4.02. The largest absolute Gasteiger partial charge is 0.496 e. The number of thiazole rings is 1. The third-order valence-corrected chi connectivity index (χ3v) is 4.78. The molecule has 0 bridgehead atoms. The van der Waals surface area contributed by atoms with Crippen molar-refractivity contribution < 1.29 is 9.47 Å². The second kappa shape index (κ2) is 8.88. The number of aromatic nitrogens is 1. The minimum atomic E-state index is 0.119. The molecule has 1 aromatic heterocycles. The second-order valence-electron chi connectivity index (χ2n) is 5.72. The van der Waals surface area contributed by atoms with Crippen LogP contribution in [0.15, 0.2) is 47.8 Å². The quantitative estimate of drug-likeness (QED) is 0.434. The van der Waals surface area contributed by atoms with E-state index in [1.165, 1.54) is 11.3 Å². The van der Waals surface area contributed by atoms with E-state index >= 15 is 0 Å². The van der Waals surface area contributed by atoms with Crippen LogP contribution in [0.1, 0.15) is 11.1 Å². The predicted molar refractivity (Wildman–Crippen MR) is 110 cm³/mol. The summed E-state index contributed by atoms with van der Waals surface area (Å²) in [6.45, 7) is 0.368. The van der Waals surface area contributed by atoms with E-state index in [4.69, 9.17) is 20.1 Å². The van der Waals surface area contributed by atoms with E-state index in [1.54, 1.807) is 26.4 Å². The second-order valence-corrected chi connectivity index (χ2v) is 6.58. The Labute approximate surface area is 167 Å². The zero-order valence-electron chi connectivity index (χ0n) is 15.4. The van der Waals surface area contributed by atoms with Crippen LogP contribution in [0.2, 0.25) is 0 Å². The van der Waals surface area contributed by atoms with Crippen molar-refractivity contribution in [1.29, 1.82) is 10.7 Å². The number of nitrogens with one attached hydrogen (secondary N) is 3. The number of guanidine groups is 1. The fourth-order valence-corrected chi connectivity index (χ4v) is 3.33. The summed E-state index contributed by atoms with van der Waals surface area (Å²) in [5.74, 6) is 1.50. The van der Waals surface area contributed by atoms with Gasteiger partial charge in [0.25, 0.3) is 0 Å². The first-order valence-electron chi connectivity index (χ1n) is 8.40. The van der Waals surface area contributed by atoms with Crippen LogP contribution in [-0.4, -0.2) is 25.2 Å². The number of benzene rings is 2. The van der Waals surface area contributed by atoms with E-state index in [0.717, 1.165) is 16.8 Å². The lowest BCUT2D eigenvalue weighted by Crippen LogP contribution is -2.29. The van der Waals surface area contributed by atoms with E-state index in [-0.39, 0.29) is 5.96 Å². The molecule has 3 rings (SSSR count). The van der Waals surface area contributed by atoms with Crippen LogP contribution < -0.4 is 20.1 Å². The monoisotopic (exact) mass is 393 g/mol. The summed E-state index contributed by atoms with van der Waals surface area (Å²) in [6, 6.07) is 14.9. The molecule has 0 atom stereocenters. The summed E-state index contributed by atoms with van der Waals surface area (Å²) in [4.78, 5) is 4.49. The van der Waals surface area contributed by atoms with Crippen LogP contribution in [0.25, 0.3) is 11.3 Å². The highest BCUT2D eigenvalue weighted by atomic mass is 32.1. The molecule has 0 amide bonds. The number of ether oxygens (including phenoxy) is 2. The van der Waals surface area contributed by atoms with Crippen molar-refractivity contribution in [1.82, 2.24) is 10.3 Å². The van der Waals surface area contributed by atoms with Gasteiger partial charge >= 0.3 is 0 Å². The molecule has 28 heavy (non-hydrogen) atoms. The summed E-state index contributed by atoms with van der Waals surface area (Å²) in [6.07, 6.45) is 0. The van der Waals surface area contributed by atoms with Gasteiger partial charge in [0.2, 0.25) is 0 Å². The van der Waals surface area contributed by atoms with E-state index in [9.17, 15) is 0 Å². The van der Waals surface area contributed by atoms with Crippen LogP contribution >= 0.6 is 11.3 Å². The molecule has 0 saturated carbocycles. The van der Waals surface area contributed by atoms with E-state index in [2.05, 4.69) is 21.7 Å². The summed E-state index contributed by atoms with van der Waals surface area (Å²) in [5.41, 5.74) is 3.14. The average molecular weight is 393 g/mol. The fraction of sp³-hybridized carbons (Fsp3) is 0.150. The Hall–Kier alpha value is -3.57. The number of anilines is 1. The molecule has 0 unspecified atom stereocenters. The van der Waals surface area contributed by atoms with Crippen molar-refractivity contribution in [3.05, 3.63) is 59.0 Å². The van der Waals surface area contributed by atoms with Gasteiger partial charge in [-0.25, -0.2) is 4.98 Å². The van der Waals surface area contributed by atoms with Gasteiger partial charge in [0, 0.05) is 10.9 Å². The smallest absolute Gasteiger partial charge is 0.195 e. The lowest BCUT2D eigenvalue weighted by atomic mass is 10.1. The molecule has 1 heterocycles. The van der Waals surface area contributed by atoms with Crippen molar-refractivity contribution in [3.63, 3.8) is 0 Å².